The van der Waals surface area contributed by atoms with Gasteiger partial charge in [-0.1, -0.05) is 30.3 Å². The Labute approximate surface area is 119 Å². The molecule has 3 heteroatoms. The summed E-state index contributed by atoms with van der Waals surface area (Å²) in [5.41, 5.74) is 10.3. The number of nitrogen functional groups attached to an aromatic ring is 1. The third-order valence-electron chi connectivity index (χ3n) is 3.50. The molecule has 0 radical (unpaired) electrons. The summed E-state index contributed by atoms with van der Waals surface area (Å²) in [6, 6.07) is 13.5. The van der Waals surface area contributed by atoms with Crippen LogP contribution >= 0.6 is 0 Å². The summed E-state index contributed by atoms with van der Waals surface area (Å²) in [6.45, 7) is 5.81. The van der Waals surface area contributed by atoms with E-state index in [4.69, 9.17) is 5.73 Å². The molecule has 1 amide bonds. The average molecular weight is 268 g/mol. The molecule has 20 heavy (non-hydrogen) atoms. The zero-order valence-electron chi connectivity index (χ0n) is 12.1. The Balaban J connectivity index is 2.17. The number of hydrogen-bond acceptors (Lipinski definition) is 2. The molecule has 104 valence electrons. The number of amides is 1. The van der Waals surface area contributed by atoms with Crippen molar-refractivity contribution in [1.29, 1.82) is 0 Å². The molecular weight excluding hydrogens is 248 g/mol. The van der Waals surface area contributed by atoms with Gasteiger partial charge in [-0.15, -0.1) is 0 Å². The third-order valence-corrected chi connectivity index (χ3v) is 3.50. The van der Waals surface area contributed by atoms with Crippen molar-refractivity contribution in [1.82, 2.24) is 5.32 Å². The fourth-order valence-electron chi connectivity index (χ4n) is 2.21. The number of benzene rings is 2. The molecule has 0 aliphatic rings. The standard InChI is InChI=1S/C17H20N2O/c1-11-9-15(10-12(2)16(11)18)17(20)19-13(3)14-7-5-4-6-8-14/h4-10,13H,18H2,1-3H3,(H,19,20)/t13-/m1/s1. The van der Waals surface area contributed by atoms with E-state index in [1.54, 1.807) is 0 Å². The molecule has 0 aliphatic carbocycles. The first-order valence-electron chi connectivity index (χ1n) is 6.71. The van der Waals surface area contributed by atoms with Gasteiger partial charge >= 0.3 is 0 Å². The van der Waals surface area contributed by atoms with Crippen LogP contribution in [0.2, 0.25) is 0 Å². The minimum absolute atomic E-state index is 0.0261. The lowest BCUT2D eigenvalue weighted by molar-refractivity contribution is 0.0939. The van der Waals surface area contributed by atoms with E-state index in [2.05, 4.69) is 5.32 Å². The maximum absolute atomic E-state index is 12.3. The molecule has 0 spiro atoms. The number of nitrogens with one attached hydrogen (secondary N) is 1. The first-order chi connectivity index (χ1) is 9.49. The van der Waals surface area contributed by atoms with Gasteiger partial charge in [0.1, 0.15) is 0 Å². The molecule has 0 aromatic heterocycles. The van der Waals surface area contributed by atoms with Gasteiger partial charge in [0.25, 0.3) is 5.91 Å². The first kappa shape index (κ1) is 14.1. The summed E-state index contributed by atoms with van der Waals surface area (Å²) < 4.78 is 0. The second kappa shape index (κ2) is 5.78. The van der Waals surface area contributed by atoms with Gasteiger partial charge in [-0.05, 0) is 49.6 Å². The highest BCUT2D eigenvalue weighted by Crippen LogP contribution is 2.19. The fraction of sp³-hybridized carbons (Fsp3) is 0.235. The molecule has 0 saturated heterocycles. The number of rotatable bonds is 3. The van der Waals surface area contributed by atoms with Gasteiger partial charge in [0.05, 0.1) is 6.04 Å². The van der Waals surface area contributed by atoms with Crippen molar-refractivity contribution in [3.8, 4) is 0 Å². The molecule has 2 aromatic rings. The van der Waals surface area contributed by atoms with Crippen molar-refractivity contribution in [2.24, 2.45) is 0 Å². The largest absolute Gasteiger partial charge is 0.398 e. The van der Waals surface area contributed by atoms with Crippen LogP contribution in [0.3, 0.4) is 0 Å². The Kier molecular flexibility index (Phi) is 4.08. The Morgan fingerprint density at radius 3 is 2.20 bits per heavy atom. The average Bonchev–Trinajstić information content (AvgIpc) is 2.45. The van der Waals surface area contributed by atoms with Crippen LogP contribution in [-0.4, -0.2) is 5.91 Å². The second-order valence-electron chi connectivity index (χ2n) is 5.13. The highest BCUT2D eigenvalue weighted by atomic mass is 16.1. The van der Waals surface area contributed by atoms with Gasteiger partial charge in [-0.2, -0.15) is 0 Å². The quantitative estimate of drug-likeness (QED) is 0.838. The van der Waals surface area contributed by atoms with E-state index < -0.39 is 0 Å². The zero-order chi connectivity index (χ0) is 14.7. The fourth-order valence-corrected chi connectivity index (χ4v) is 2.21. The second-order valence-corrected chi connectivity index (χ2v) is 5.13. The smallest absolute Gasteiger partial charge is 0.251 e. The van der Waals surface area contributed by atoms with Gasteiger partial charge in [0, 0.05) is 11.3 Å². The topological polar surface area (TPSA) is 55.1 Å². The van der Waals surface area contributed by atoms with E-state index >= 15 is 0 Å². The van der Waals surface area contributed by atoms with Gasteiger partial charge in [0.2, 0.25) is 0 Å². The predicted octanol–water partition coefficient (Wildman–Crippen LogP) is 3.38. The Morgan fingerprint density at radius 1 is 1.10 bits per heavy atom. The van der Waals surface area contributed by atoms with E-state index in [1.807, 2.05) is 63.2 Å². The predicted molar refractivity (Wildman–Crippen MR) is 82.7 cm³/mol. The highest BCUT2D eigenvalue weighted by Gasteiger charge is 2.13. The Bertz CT molecular complexity index is 597. The number of carbonyl (C=O) groups is 1. The van der Waals surface area contributed by atoms with Gasteiger partial charge in [-0.3, -0.25) is 4.79 Å². The SMILES string of the molecule is Cc1cc(C(=O)N[C@H](C)c2ccccc2)cc(C)c1N. The molecule has 3 nitrogen and oxygen atoms in total. The lowest BCUT2D eigenvalue weighted by Crippen LogP contribution is -2.26. The van der Waals surface area contributed by atoms with Crippen LogP contribution in [0.4, 0.5) is 5.69 Å². The summed E-state index contributed by atoms with van der Waals surface area (Å²) in [6.07, 6.45) is 0. The minimum atomic E-state index is -0.0763. The maximum Gasteiger partial charge on any atom is 0.251 e. The Hall–Kier alpha value is -2.29. The molecule has 2 rings (SSSR count). The van der Waals surface area contributed by atoms with Gasteiger partial charge in [0.15, 0.2) is 0 Å². The van der Waals surface area contributed by atoms with Crippen molar-refractivity contribution >= 4 is 11.6 Å². The van der Waals surface area contributed by atoms with Crippen LogP contribution in [-0.2, 0) is 0 Å². The third kappa shape index (κ3) is 2.99. The summed E-state index contributed by atoms with van der Waals surface area (Å²) in [4.78, 5) is 12.3. The lowest BCUT2D eigenvalue weighted by atomic mass is 10.0. The van der Waals surface area contributed by atoms with Crippen molar-refractivity contribution in [3.63, 3.8) is 0 Å². The summed E-state index contributed by atoms with van der Waals surface area (Å²) >= 11 is 0. The van der Waals surface area contributed by atoms with E-state index in [0.29, 0.717) is 5.56 Å². The number of aryl methyl sites for hydroxylation is 2. The van der Waals surface area contributed by atoms with Crippen molar-refractivity contribution in [3.05, 3.63) is 64.7 Å². The molecule has 0 bridgehead atoms. The zero-order valence-corrected chi connectivity index (χ0v) is 12.1. The number of anilines is 1. The van der Waals surface area contributed by atoms with E-state index in [-0.39, 0.29) is 11.9 Å². The number of hydrogen-bond donors (Lipinski definition) is 2. The van der Waals surface area contributed by atoms with Crippen LogP contribution < -0.4 is 11.1 Å². The molecule has 0 saturated carbocycles. The molecule has 2 aromatic carbocycles. The summed E-state index contributed by atoms with van der Waals surface area (Å²) in [5, 5.41) is 3.01. The maximum atomic E-state index is 12.3. The normalized spacial score (nSPS) is 11.9. The summed E-state index contributed by atoms with van der Waals surface area (Å²) in [5.74, 6) is -0.0763. The molecule has 0 fully saturated rings. The van der Waals surface area contributed by atoms with Crippen molar-refractivity contribution < 1.29 is 4.79 Å². The van der Waals surface area contributed by atoms with Gasteiger partial charge < -0.3 is 11.1 Å². The molecule has 0 aliphatic heterocycles. The molecule has 1 atom stereocenters. The molecule has 0 unspecified atom stereocenters. The summed E-state index contributed by atoms with van der Waals surface area (Å²) in [7, 11) is 0. The van der Waals surface area contributed by atoms with Crippen LogP contribution in [0.5, 0.6) is 0 Å². The molecule has 3 N–H and O–H groups in total. The monoisotopic (exact) mass is 268 g/mol. The lowest BCUT2D eigenvalue weighted by Gasteiger charge is -2.15. The van der Waals surface area contributed by atoms with Crippen LogP contribution in [0.1, 0.15) is 40.0 Å². The van der Waals surface area contributed by atoms with Crippen LogP contribution in [0.15, 0.2) is 42.5 Å². The number of nitrogens with two attached hydrogens (primary N) is 1. The highest BCUT2D eigenvalue weighted by molar-refractivity contribution is 5.95. The van der Waals surface area contributed by atoms with Crippen molar-refractivity contribution in [2.75, 3.05) is 5.73 Å². The Morgan fingerprint density at radius 2 is 1.65 bits per heavy atom. The van der Waals surface area contributed by atoms with Crippen LogP contribution in [0, 0.1) is 13.8 Å². The molecular formula is C17H20N2O. The molecule has 0 heterocycles. The van der Waals surface area contributed by atoms with E-state index in [9.17, 15) is 4.79 Å². The minimum Gasteiger partial charge on any atom is -0.398 e. The van der Waals surface area contributed by atoms with Gasteiger partial charge in [-0.25, -0.2) is 0 Å². The van der Waals surface area contributed by atoms with E-state index in [1.165, 1.54) is 0 Å². The van der Waals surface area contributed by atoms with Crippen molar-refractivity contribution in [2.45, 2.75) is 26.8 Å². The van der Waals surface area contributed by atoms with E-state index in [0.717, 1.165) is 22.4 Å². The number of carbonyl (C=O) groups excluding carboxylic acids is 1. The first-order valence-corrected chi connectivity index (χ1v) is 6.71. The van der Waals surface area contributed by atoms with Crippen LogP contribution in [0.25, 0.3) is 0 Å².